The number of hydrogen-bond acceptors (Lipinski definition) is 3. The van der Waals surface area contributed by atoms with E-state index in [1.54, 1.807) is 12.3 Å². The number of para-hydroxylation sites is 1. The molecule has 0 bridgehead atoms. The van der Waals surface area contributed by atoms with Crippen LogP contribution in [-0.4, -0.2) is 23.3 Å². The number of nitrogens with one attached hydrogen (secondary N) is 2. The Balaban J connectivity index is 1.55. The van der Waals surface area contributed by atoms with Gasteiger partial charge in [-0.15, -0.1) is 0 Å². The van der Waals surface area contributed by atoms with E-state index in [1.165, 1.54) is 0 Å². The molecule has 5 nitrogen and oxygen atoms in total. The number of aromatic nitrogens is 1. The molecule has 124 valence electrons. The molecule has 1 aliphatic rings. The third kappa shape index (κ3) is 2.96. The number of pyridine rings is 1. The van der Waals surface area contributed by atoms with Gasteiger partial charge < -0.3 is 10.6 Å². The lowest BCUT2D eigenvalue weighted by Gasteiger charge is -2.25. The Bertz CT molecular complexity index is 963. The summed E-state index contributed by atoms with van der Waals surface area (Å²) in [5, 5.41) is 6.80. The molecule has 2 N–H and O–H groups in total. The first-order valence-electron chi connectivity index (χ1n) is 8.23. The second kappa shape index (κ2) is 6.36. The second-order valence-electron chi connectivity index (χ2n) is 6.13. The Morgan fingerprint density at radius 3 is 2.88 bits per heavy atom. The highest BCUT2D eigenvalue weighted by Crippen LogP contribution is 2.27. The van der Waals surface area contributed by atoms with E-state index in [1.807, 2.05) is 48.5 Å². The Kier molecular flexibility index (Phi) is 3.90. The molecule has 2 aromatic carbocycles. The topological polar surface area (TPSA) is 71.1 Å². The summed E-state index contributed by atoms with van der Waals surface area (Å²) >= 11 is 0. The number of carbonyl (C=O) groups is 2. The normalized spacial score (nSPS) is 16.2. The molecule has 25 heavy (non-hydrogen) atoms. The molecule has 0 saturated heterocycles. The van der Waals surface area contributed by atoms with Crippen LogP contribution >= 0.6 is 0 Å². The first-order valence-corrected chi connectivity index (χ1v) is 8.23. The van der Waals surface area contributed by atoms with Gasteiger partial charge in [-0.05, 0) is 23.8 Å². The molecule has 4 rings (SSSR count). The van der Waals surface area contributed by atoms with E-state index in [-0.39, 0.29) is 17.7 Å². The van der Waals surface area contributed by atoms with Crippen LogP contribution in [0.5, 0.6) is 0 Å². The highest BCUT2D eigenvalue weighted by Gasteiger charge is 2.26. The molecule has 1 aliphatic heterocycles. The largest absolute Gasteiger partial charge is 0.351 e. The smallest absolute Gasteiger partial charge is 0.251 e. The highest BCUT2D eigenvalue weighted by molar-refractivity contribution is 6.01. The third-order valence-corrected chi connectivity index (χ3v) is 4.49. The summed E-state index contributed by atoms with van der Waals surface area (Å²) in [5.41, 5.74) is 3.06. The van der Waals surface area contributed by atoms with Crippen molar-refractivity contribution < 1.29 is 9.59 Å². The number of benzene rings is 2. The first-order chi connectivity index (χ1) is 12.2. The minimum atomic E-state index is -0.0888. The van der Waals surface area contributed by atoms with Gasteiger partial charge >= 0.3 is 0 Å². The number of anilines is 1. The van der Waals surface area contributed by atoms with Crippen molar-refractivity contribution in [2.75, 3.05) is 11.9 Å². The number of amides is 2. The van der Waals surface area contributed by atoms with Gasteiger partial charge in [0.05, 0.1) is 11.2 Å². The fourth-order valence-electron chi connectivity index (χ4n) is 3.29. The van der Waals surface area contributed by atoms with E-state index in [2.05, 4.69) is 15.6 Å². The van der Waals surface area contributed by atoms with Gasteiger partial charge in [-0.3, -0.25) is 14.6 Å². The van der Waals surface area contributed by atoms with Crippen LogP contribution in [0.1, 0.15) is 28.3 Å². The molecular weight excluding hydrogens is 314 g/mol. The van der Waals surface area contributed by atoms with Crippen molar-refractivity contribution in [3.8, 4) is 0 Å². The molecule has 1 atom stereocenters. The van der Waals surface area contributed by atoms with E-state index in [4.69, 9.17) is 0 Å². The van der Waals surface area contributed by atoms with Crippen LogP contribution in [0.25, 0.3) is 10.9 Å². The maximum Gasteiger partial charge on any atom is 0.251 e. The molecular formula is C20H17N3O2. The second-order valence-corrected chi connectivity index (χ2v) is 6.13. The van der Waals surface area contributed by atoms with E-state index in [0.717, 1.165) is 16.5 Å². The summed E-state index contributed by atoms with van der Waals surface area (Å²) < 4.78 is 0. The summed E-state index contributed by atoms with van der Waals surface area (Å²) in [6.45, 7) is 0.469. The zero-order valence-electron chi connectivity index (χ0n) is 13.5. The lowest BCUT2D eigenvalue weighted by molar-refractivity contribution is -0.116. The Hall–Kier alpha value is -3.21. The van der Waals surface area contributed by atoms with Gasteiger partial charge in [0.15, 0.2) is 0 Å². The van der Waals surface area contributed by atoms with Crippen LogP contribution in [0, 0.1) is 0 Å². The van der Waals surface area contributed by atoms with Crippen molar-refractivity contribution in [3.63, 3.8) is 0 Å². The number of carbonyl (C=O) groups excluding carboxylic acids is 2. The van der Waals surface area contributed by atoms with E-state index in [9.17, 15) is 9.59 Å². The van der Waals surface area contributed by atoms with Crippen LogP contribution in [0.3, 0.4) is 0 Å². The van der Waals surface area contributed by atoms with Crippen molar-refractivity contribution in [1.29, 1.82) is 0 Å². The molecule has 3 aromatic rings. The van der Waals surface area contributed by atoms with Gasteiger partial charge in [0.1, 0.15) is 0 Å². The molecule has 2 amide bonds. The van der Waals surface area contributed by atoms with Gasteiger partial charge in [0, 0.05) is 36.0 Å². The van der Waals surface area contributed by atoms with Crippen molar-refractivity contribution in [1.82, 2.24) is 10.3 Å². The average Bonchev–Trinajstić information content (AvgIpc) is 2.65. The van der Waals surface area contributed by atoms with Gasteiger partial charge in [0.2, 0.25) is 5.91 Å². The summed E-state index contributed by atoms with van der Waals surface area (Å²) in [6.07, 6.45) is 2.02. The maximum atomic E-state index is 12.6. The minimum Gasteiger partial charge on any atom is -0.351 e. The van der Waals surface area contributed by atoms with Crippen molar-refractivity contribution in [2.45, 2.75) is 12.3 Å². The van der Waals surface area contributed by atoms with Crippen molar-refractivity contribution >= 4 is 28.4 Å². The fourth-order valence-corrected chi connectivity index (χ4v) is 3.29. The quantitative estimate of drug-likeness (QED) is 0.775. The number of hydrogen-bond donors (Lipinski definition) is 2. The minimum absolute atomic E-state index is 0.0307. The standard InChI is InChI=1S/C20H17N3O2/c24-18(23-17-9-3-5-13-6-4-10-21-19(13)17)11-14-12-22-20(25)16-8-2-1-7-15(14)16/h1-10,14H,11-12H2,(H,22,25)(H,23,24). The molecule has 0 fully saturated rings. The average molecular weight is 331 g/mol. The summed E-state index contributed by atoms with van der Waals surface area (Å²) in [5.74, 6) is -0.198. The van der Waals surface area contributed by atoms with Gasteiger partial charge in [-0.1, -0.05) is 36.4 Å². The Morgan fingerprint density at radius 2 is 1.96 bits per heavy atom. The lowest BCUT2D eigenvalue weighted by Crippen LogP contribution is -2.36. The number of nitrogens with zero attached hydrogens (tertiary/aromatic N) is 1. The highest BCUT2D eigenvalue weighted by atomic mass is 16.2. The predicted molar refractivity (Wildman–Crippen MR) is 96.5 cm³/mol. The van der Waals surface area contributed by atoms with E-state index >= 15 is 0 Å². The maximum absolute atomic E-state index is 12.6. The molecule has 0 radical (unpaired) electrons. The molecule has 0 aliphatic carbocycles. The van der Waals surface area contributed by atoms with Crippen LogP contribution in [0.4, 0.5) is 5.69 Å². The Morgan fingerprint density at radius 1 is 1.12 bits per heavy atom. The molecule has 2 heterocycles. The van der Waals surface area contributed by atoms with Crippen LogP contribution in [-0.2, 0) is 4.79 Å². The SMILES string of the molecule is O=C(CC1CNC(=O)c2ccccc21)Nc1cccc2cccnc12. The molecule has 5 heteroatoms. The van der Waals surface area contributed by atoms with Crippen molar-refractivity contribution in [2.24, 2.45) is 0 Å². The zero-order valence-corrected chi connectivity index (χ0v) is 13.5. The first kappa shape index (κ1) is 15.3. The summed E-state index contributed by atoms with van der Waals surface area (Å²) in [6, 6.07) is 17.0. The molecule has 1 unspecified atom stereocenters. The van der Waals surface area contributed by atoms with Gasteiger partial charge in [0.25, 0.3) is 5.91 Å². The Labute approximate surface area is 145 Å². The monoisotopic (exact) mass is 331 g/mol. The van der Waals surface area contributed by atoms with Crippen molar-refractivity contribution in [3.05, 3.63) is 71.9 Å². The lowest BCUT2D eigenvalue weighted by atomic mass is 9.88. The zero-order chi connectivity index (χ0) is 17.2. The molecule has 1 aromatic heterocycles. The van der Waals surface area contributed by atoms with E-state index < -0.39 is 0 Å². The van der Waals surface area contributed by atoms with Crippen LogP contribution in [0.2, 0.25) is 0 Å². The third-order valence-electron chi connectivity index (χ3n) is 4.49. The van der Waals surface area contributed by atoms with E-state index in [0.29, 0.717) is 24.2 Å². The predicted octanol–water partition coefficient (Wildman–Crippen LogP) is 3.09. The van der Waals surface area contributed by atoms with Gasteiger partial charge in [-0.25, -0.2) is 0 Å². The molecule has 0 saturated carbocycles. The summed E-state index contributed by atoms with van der Waals surface area (Å²) in [4.78, 5) is 28.9. The number of fused-ring (bicyclic) bond motifs is 2. The fraction of sp³-hybridized carbons (Fsp3) is 0.150. The van der Waals surface area contributed by atoms with Crippen LogP contribution < -0.4 is 10.6 Å². The number of rotatable bonds is 3. The van der Waals surface area contributed by atoms with Gasteiger partial charge in [-0.2, -0.15) is 0 Å². The summed E-state index contributed by atoms with van der Waals surface area (Å²) in [7, 11) is 0. The molecule has 0 spiro atoms. The van der Waals surface area contributed by atoms with Crippen LogP contribution in [0.15, 0.2) is 60.8 Å².